The van der Waals surface area contributed by atoms with Crippen molar-refractivity contribution in [1.29, 1.82) is 0 Å². The molecule has 0 atom stereocenters. The van der Waals surface area contributed by atoms with E-state index >= 15 is 0 Å². The molecule has 0 unspecified atom stereocenters. The van der Waals surface area contributed by atoms with Crippen LogP contribution in [0, 0.1) is 0 Å². The number of amides is 1. The maximum Gasteiger partial charge on any atom is 0.252 e. The number of nitrogens with zero attached hydrogens (tertiary/aromatic N) is 1. The molecule has 3 aromatic carbocycles. The van der Waals surface area contributed by atoms with Gasteiger partial charge in [0.2, 0.25) is 0 Å². The molecule has 3 aromatic rings. The highest BCUT2D eigenvalue weighted by Crippen LogP contribution is 2.24. The first kappa shape index (κ1) is 17.4. The van der Waals surface area contributed by atoms with Crippen LogP contribution in [-0.2, 0) is 4.79 Å². The summed E-state index contributed by atoms with van der Waals surface area (Å²) in [4.78, 5) is 12.9. The van der Waals surface area contributed by atoms with Gasteiger partial charge in [0.15, 0.2) is 0 Å². The Labute approximate surface area is 153 Å². The first-order chi connectivity index (χ1) is 12.6. The minimum absolute atomic E-state index is 0.175. The van der Waals surface area contributed by atoms with Crippen molar-refractivity contribution in [2.75, 3.05) is 5.73 Å². The topological polar surface area (TPSA) is 67.5 Å². The Kier molecular flexibility index (Phi) is 5.44. The molecule has 1 amide bonds. The molecule has 0 saturated heterocycles. The second kappa shape index (κ2) is 8.12. The summed E-state index contributed by atoms with van der Waals surface area (Å²) in [6.07, 6.45) is 0. The predicted octanol–water partition coefficient (Wildman–Crippen LogP) is 3.94. The van der Waals surface area contributed by atoms with E-state index in [4.69, 9.17) is 5.73 Å². The number of anilines is 1. The van der Waals surface area contributed by atoms with Gasteiger partial charge < -0.3 is 5.73 Å². The molecule has 0 aliphatic carbocycles. The fourth-order valence-corrected chi connectivity index (χ4v) is 2.82. The number of nitrogens with two attached hydrogens (primary N) is 1. The molecule has 4 heteroatoms. The van der Waals surface area contributed by atoms with Crippen molar-refractivity contribution in [2.24, 2.45) is 5.10 Å². The van der Waals surface area contributed by atoms with Crippen LogP contribution in [0.15, 0.2) is 90.0 Å². The molecular weight excluding hydrogens is 322 g/mol. The maximum absolute atomic E-state index is 12.9. The van der Waals surface area contributed by atoms with Crippen molar-refractivity contribution in [3.05, 3.63) is 102 Å². The zero-order valence-corrected chi connectivity index (χ0v) is 14.6. The highest BCUT2D eigenvalue weighted by molar-refractivity contribution is 6.00. The molecule has 0 aliphatic rings. The molecular formula is C22H21N3O. The summed E-state index contributed by atoms with van der Waals surface area (Å²) >= 11 is 0. The fraction of sp³-hybridized carbons (Fsp3) is 0.0909. The summed E-state index contributed by atoms with van der Waals surface area (Å²) in [5.41, 5.74) is 12.6. The standard InChI is InChI=1S/C22H21N3O/c1-16(19-13-8-14-20(23)15-19)24-25-22(26)21(17-9-4-2-5-10-17)18-11-6-3-7-12-18/h2-15,21H,23H2,1H3,(H,25,26). The van der Waals surface area contributed by atoms with E-state index < -0.39 is 5.92 Å². The molecule has 0 aromatic heterocycles. The number of benzene rings is 3. The maximum atomic E-state index is 12.9. The van der Waals surface area contributed by atoms with Crippen molar-refractivity contribution in [1.82, 2.24) is 5.43 Å². The summed E-state index contributed by atoms with van der Waals surface area (Å²) < 4.78 is 0. The van der Waals surface area contributed by atoms with Gasteiger partial charge in [-0.05, 0) is 35.7 Å². The fourth-order valence-electron chi connectivity index (χ4n) is 2.82. The number of hydrogen-bond acceptors (Lipinski definition) is 3. The third kappa shape index (κ3) is 4.16. The number of nitrogens with one attached hydrogen (secondary N) is 1. The van der Waals surface area contributed by atoms with Crippen molar-refractivity contribution in [2.45, 2.75) is 12.8 Å². The van der Waals surface area contributed by atoms with Crippen LogP contribution < -0.4 is 11.2 Å². The smallest absolute Gasteiger partial charge is 0.252 e. The molecule has 0 saturated carbocycles. The first-order valence-electron chi connectivity index (χ1n) is 8.45. The Bertz CT molecular complexity index is 865. The first-order valence-corrected chi connectivity index (χ1v) is 8.45. The largest absolute Gasteiger partial charge is 0.399 e. The Hall–Kier alpha value is -3.40. The van der Waals surface area contributed by atoms with Gasteiger partial charge in [-0.1, -0.05) is 72.8 Å². The molecule has 0 spiro atoms. The normalized spacial score (nSPS) is 11.4. The van der Waals surface area contributed by atoms with Gasteiger partial charge in [-0.3, -0.25) is 4.79 Å². The summed E-state index contributed by atoms with van der Waals surface area (Å²) in [6.45, 7) is 1.84. The third-order valence-corrected chi connectivity index (χ3v) is 4.17. The predicted molar refractivity (Wildman–Crippen MR) is 106 cm³/mol. The SMILES string of the molecule is CC(=NNC(=O)C(c1ccccc1)c1ccccc1)c1cccc(N)c1. The Balaban J connectivity index is 1.86. The third-order valence-electron chi connectivity index (χ3n) is 4.17. The van der Waals surface area contributed by atoms with E-state index in [0.29, 0.717) is 11.4 Å². The second-order valence-corrected chi connectivity index (χ2v) is 6.05. The van der Waals surface area contributed by atoms with Crippen LogP contribution in [0.4, 0.5) is 5.69 Å². The lowest BCUT2D eigenvalue weighted by molar-refractivity contribution is -0.121. The minimum Gasteiger partial charge on any atom is -0.399 e. The monoisotopic (exact) mass is 343 g/mol. The van der Waals surface area contributed by atoms with Crippen molar-refractivity contribution in [3.8, 4) is 0 Å². The van der Waals surface area contributed by atoms with Gasteiger partial charge in [0, 0.05) is 5.69 Å². The molecule has 130 valence electrons. The molecule has 0 bridgehead atoms. The summed E-state index contributed by atoms with van der Waals surface area (Å²) in [5.74, 6) is -0.597. The average Bonchev–Trinajstić information content (AvgIpc) is 2.68. The lowest BCUT2D eigenvalue weighted by atomic mass is 9.91. The molecule has 0 radical (unpaired) electrons. The quantitative estimate of drug-likeness (QED) is 0.418. The van der Waals surface area contributed by atoms with Crippen LogP contribution in [0.25, 0.3) is 0 Å². The van der Waals surface area contributed by atoms with E-state index in [-0.39, 0.29) is 5.91 Å². The molecule has 3 N–H and O–H groups in total. The van der Waals surface area contributed by atoms with E-state index in [1.165, 1.54) is 0 Å². The number of carbonyl (C=O) groups is 1. The van der Waals surface area contributed by atoms with E-state index in [9.17, 15) is 4.79 Å². The molecule has 3 rings (SSSR count). The van der Waals surface area contributed by atoms with Gasteiger partial charge in [0.1, 0.15) is 0 Å². The van der Waals surface area contributed by atoms with Gasteiger partial charge >= 0.3 is 0 Å². The Morgan fingerprint density at radius 2 is 1.46 bits per heavy atom. The highest BCUT2D eigenvalue weighted by Gasteiger charge is 2.22. The molecule has 26 heavy (non-hydrogen) atoms. The van der Waals surface area contributed by atoms with Crippen molar-refractivity contribution in [3.63, 3.8) is 0 Å². The Morgan fingerprint density at radius 3 is 2.00 bits per heavy atom. The van der Waals surface area contributed by atoms with Crippen LogP contribution in [0.5, 0.6) is 0 Å². The van der Waals surface area contributed by atoms with Gasteiger partial charge in [-0.25, -0.2) is 5.43 Å². The zero-order valence-electron chi connectivity index (χ0n) is 14.6. The van der Waals surface area contributed by atoms with Crippen molar-refractivity contribution < 1.29 is 4.79 Å². The number of carbonyl (C=O) groups excluding carboxylic acids is 1. The van der Waals surface area contributed by atoms with Gasteiger partial charge in [-0.15, -0.1) is 0 Å². The zero-order chi connectivity index (χ0) is 18.4. The lowest BCUT2D eigenvalue weighted by Gasteiger charge is -2.16. The van der Waals surface area contributed by atoms with Gasteiger partial charge in [0.05, 0.1) is 11.6 Å². The van der Waals surface area contributed by atoms with Crippen LogP contribution in [0.3, 0.4) is 0 Å². The van der Waals surface area contributed by atoms with Gasteiger partial charge in [-0.2, -0.15) is 5.10 Å². The number of rotatable bonds is 5. The lowest BCUT2D eigenvalue weighted by Crippen LogP contribution is -2.27. The second-order valence-electron chi connectivity index (χ2n) is 6.05. The summed E-state index contributed by atoms with van der Waals surface area (Å²) in [7, 11) is 0. The van der Waals surface area contributed by atoms with E-state index in [1.54, 1.807) is 0 Å². The highest BCUT2D eigenvalue weighted by atomic mass is 16.2. The molecule has 0 fully saturated rings. The molecule has 4 nitrogen and oxygen atoms in total. The van der Waals surface area contributed by atoms with Gasteiger partial charge in [0.25, 0.3) is 5.91 Å². The van der Waals surface area contributed by atoms with Crippen LogP contribution >= 0.6 is 0 Å². The van der Waals surface area contributed by atoms with Crippen LogP contribution in [-0.4, -0.2) is 11.6 Å². The van der Waals surface area contributed by atoms with E-state index in [1.807, 2.05) is 91.9 Å². The number of hydrogen-bond donors (Lipinski definition) is 2. The Morgan fingerprint density at radius 1 is 0.885 bits per heavy atom. The molecule has 0 aliphatic heterocycles. The minimum atomic E-state index is -0.421. The average molecular weight is 343 g/mol. The van der Waals surface area contributed by atoms with Crippen LogP contribution in [0.2, 0.25) is 0 Å². The van der Waals surface area contributed by atoms with E-state index in [0.717, 1.165) is 16.7 Å². The summed E-state index contributed by atoms with van der Waals surface area (Å²) in [5, 5.41) is 4.27. The van der Waals surface area contributed by atoms with Crippen molar-refractivity contribution >= 4 is 17.3 Å². The number of hydrazone groups is 1. The summed E-state index contributed by atoms with van der Waals surface area (Å²) in [6, 6.07) is 26.8. The van der Waals surface area contributed by atoms with E-state index in [2.05, 4.69) is 10.5 Å². The van der Waals surface area contributed by atoms with Crippen LogP contribution in [0.1, 0.15) is 29.5 Å². The number of nitrogen functional groups attached to an aromatic ring is 1. The molecule has 0 heterocycles.